The van der Waals surface area contributed by atoms with E-state index in [-0.39, 0.29) is 12.5 Å². The molecule has 0 aliphatic heterocycles. The Morgan fingerprint density at radius 2 is 2.05 bits per heavy atom. The molecule has 1 unspecified atom stereocenters. The smallest absolute Gasteiger partial charge is 0.308 e. The van der Waals surface area contributed by atoms with Crippen molar-refractivity contribution >= 4 is 11.9 Å². The zero-order chi connectivity index (χ0) is 15.4. The maximum atomic E-state index is 12.5. The lowest BCUT2D eigenvalue weighted by atomic mass is 10.1. The molecule has 0 radical (unpaired) electrons. The Morgan fingerprint density at radius 3 is 2.67 bits per heavy atom. The average Bonchev–Trinajstić information content (AvgIpc) is 3.00. The van der Waals surface area contributed by atoms with Gasteiger partial charge in [0.1, 0.15) is 0 Å². The van der Waals surface area contributed by atoms with Crippen molar-refractivity contribution in [3.05, 3.63) is 48.3 Å². The molecule has 0 saturated heterocycles. The fourth-order valence-corrected chi connectivity index (χ4v) is 2.04. The van der Waals surface area contributed by atoms with Gasteiger partial charge in [0.15, 0.2) is 0 Å². The topological polar surface area (TPSA) is 75.4 Å². The quantitative estimate of drug-likeness (QED) is 0.907. The summed E-state index contributed by atoms with van der Waals surface area (Å²) in [4.78, 5) is 24.8. The second kappa shape index (κ2) is 6.21. The minimum absolute atomic E-state index is 0.154. The first-order valence-corrected chi connectivity index (χ1v) is 6.58. The third kappa shape index (κ3) is 3.28. The number of aromatic nitrogens is 2. The molecule has 1 N–H and O–H groups in total. The lowest BCUT2D eigenvalue weighted by Gasteiger charge is -2.20. The number of carbonyl (C=O) groups is 2. The maximum absolute atomic E-state index is 12.5. The fourth-order valence-electron chi connectivity index (χ4n) is 2.04. The second-order valence-corrected chi connectivity index (χ2v) is 4.89. The van der Waals surface area contributed by atoms with Crippen LogP contribution in [0.5, 0.6) is 0 Å². The van der Waals surface area contributed by atoms with Gasteiger partial charge in [0.05, 0.1) is 17.2 Å². The first kappa shape index (κ1) is 14.8. The third-order valence-electron chi connectivity index (χ3n) is 3.20. The highest BCUT2D eigenvalue weighted by atomic mass is 16.4. The van der Waals surface area contributed by atoms with Gasteiger partial charge in [-0.25, -0.2) is 4.68 Å². The highest BCUT2D eigenvalue weighted by Crippen LogP contribution is 2.16. The fraction of sp³-hybridized carbons (Fsp3) is 0.267. The van der Waals surface area contributed by atoms with Crippen molar-refractivity contribution in [3.8, 4) is 5.69 Å². The van der Waals surface area contributed by atoms with Gasteiger partial charge in [0, 0.05) is 26.0 Å². The van der Waals surface area contributed by atoms with E-state index in [2.05, 4.69) is 5.10 Å². The van der Waals surface area contributed by atoms with E-state index in [0.717, 1.165) is 0 Å². The Kier molecular flexibility index (Phi) is 4.37. The van der Waals surface area contributed by atoms with Gasteiger partial charge in [0.25, 0.3) is 5.91 Å². The molecular weight excluding hydrogens is 270 g/mol. The number of carboxylic acids is 1. The lowest BCUT2D eigenvalue weighted by molar-refractivity contribution is -0.141. The first-order valence-electron chi connectivity index (χ1n) is 6.58. The monoisotopic (exact) mass is 287 g/mol. The van der Waals surface area contributed by atoms with Gasteiger partial charge in [-0.05, 0) is 18.2 Å². The summed E-state index contributed by atoms with van der Waals surface area (Å²) in [6.45, 7) is 1.73. The Morgan fingerprint density at radius 1 is 1.33 bits per heavy atom. The molecule has 1 atom stereocenters. The van der Waals surface area contributed by atoms with E-state index < -0.39 is 11.9 Å². The third-order valence-corrected chi connectivity index (χ3v) is 3.20. The van der Waals surface area contributed by atoms with Crippen LogP contribution >= 0.6 is 0 Å². The van der Waals surface area contributed by atoms with Crippen molar-refractivity contribution in [2.24, 2.45) is 5.92 Å². The molecule has 0 fully saturated rings. The van der Waals surface area contributed by atoms with Crippen molar-refractivity contribution < 1.29 is 14.7 Å². The van der Waals surface area contributed by atoms with Crippen LogP contribution in [-0.4, -0.2) is 45.3 Å². The molecule has 1 heterocycles. The van der Waals surface area contributed by atoms with Crippen molar-refractivity contribution in [3.63, 3.8) is 0 Å². The van der Waals surface area contributed by atoms with E-state index in [1.807, 2.05) is 6.07 Å². The zero-order valence-electron chi connectivity index (χ0n) is 11.9. The summed E-state index contributed by atoms with van der Waals surface area (Å²) in [5, 5.41) is 13.1. The number of amides is 1. The minimum atomic E-state index is -0.921. The van der Waals surface area contributed by atoms with E-state index >= 15 is 0 Å². The molecular formula is C15H17N3O3. The van der Waals surface area contributed by atoms with Gasteiger partial charge in [0.2, 0.25) is 0 Å². The normalized spacial score (nSPS) is 11.9. The molecule has 0 bridgehead atoms. The first-order chi connectivity index (χ1) is 10.0. The molecule has 0 saturated carbocycles. The summed E-state index contributed by atoms with van der Waals surface area (Å²) in [6.07, 6.45) is 3.39. The van der Waals surface area contributed by atoms with Gasteiger partial charge < -0.3 is 10.0 Å². The van der Waals surface area contributed by atoms with Crippen LogP contribution < -0.4 is 0 Å². The van der Waals surface area contributed by atoms with Gasteiger partial charge in [-0.15, -0.1) is 0 Å². The second-order valence-electron chi connectivity index (χ2n) is 4.89. The van der Waals surface area contributed by atoms with E-state index in [1.54, 1.807) is 55.3 Å². The summed E-state index contributed by atoms with van der Waals surface area (Å²) in [6, 6.07) is 8.88. The van der Waals surface area contributed by atoms with Crippen molar-refractivity contribution in [2.75, 3.05) is 13.6 Å². The Balaban J connectivity index is 2.26. The summed E-state index contributed by atoms with van der Waals surface area (Å²) >= 11 is 0. The Hall–Kier alpha value is -2.63. The number of hydrogen-bond acceptors (Lipinski definition) is 3. The molecule has 0 aliphatic carbocycles. The Labute approximate surface area is 122 Å². The number of carbonyl (C=O) groups excluding carboxylic acids is 1. The number of aliphatic carboxylic acids is 1. The zero-order valence-corrected chi connectivity index (χ0v) is 11.9. The minimum Gasteiger partial charge on any atom is -0.481 e. The molecule has 6 heteroatoms. The molecule has 1 aromatic carbocycles. The lowest BCUT2D eigenvalue weighted by Crippen LogP contribution is -2.34. The number of benzene rings is 1. The number of carboxylic acid groups (broad SMARTS) is 1. The van der Waals surface area contributed by atoms with E-state index in [1.165, 1.54) is 4.90 Å². The maximum Gasteiger partial charge on any atom is 0.308 e. The van der Waals surface area contributed by atoms with Gasteiger partial charge in [-0.3, -0.25) is 9.59 Å². The van der Waals surface area contributed by atoms with E-state index in [0.29, 0.717) is 11.3 Å². The van der Waals surface area contributed by atoms with Crippen LogP contribution in [0.15, 0.2) is 42.7 Å². The van der Waals surface area contributed by atoms with Crippen molar-refractivity contribution in [1.82, 2.24) is 14.7 Å². The average molecular weight is 287 g/mol. The molecule has 110 valence electrons. The van der Waals surface area contributed by atoms with Gasteiger partial charge >= 0.3 is 5.97 Å². The molecule has 1 aromatic heterocycles. The number of rotatable bonds is 5. The van der Waals surface area contributed by atoms with Gasteiger partial charge in [-0.1, -0.05) is 19.1 Å². The van der Waals surface area contributed by atoms with Crippen LogP contribution in [0.1, 0.15) is 17.3 Å². The highest BCUT2D eigenvalue weighted by molar-refractivity contribution is 5.97. The van der Waals surface area contributed by atoms with Crippen LogP contribution in [0, 0.1) is 5.92 Å². The van der Waals surface area contributed by atoms with Crippen LogP contribution in [-0.2, 0) is 4.79 Å². The van der Waals surface area contributed by atoms with Crippen LogP contribution in [0.25, 0.3) is 5.69 Å². The highest BCUT2D eigenvalue weighted by Gasteiger charge is 2.20. The summed E-state index contributed by atoms with van der Waals surface area (Å²) in [5.74, 6) is -1.76. The molecule has 6 nitrogen and oxygen atoms in total. The number of hydrogen-bond donors (Lipinski definition) is 1. The molecule has 2 rings (SSSR count). The molecule has 0 aliphatic rings. The van der Waals surface area contributed by atoms with Crippen molar-refractivity contribution in [1.29, 1.82) is 0 Å². The van der Waals surface area contributed by atoms with E-state index in [9.17, 15) is 9.59 Å². The predicted molar refractivity (Wildman–Crippen MR) is 77.3 cm³/mol. The molecule has 1 amide bonds. The number of nitrogens with zero attached hydrogens (tertiary/aromatic N) is 3. The van der Waals surface area contributed by atoms with E-state index in [4.69, 9.17) is 5.11 Å². The largest absolute Gasteiger partial charge is 0.481 e. The van der Waals surface area contributed by atoms with Crippen LogP contribution in [0.3, 0.4) is 0 Å². The molecule has 0 spiro atoms. The predicted octanol–water partition coefficient (Wildman–Crippen LogP) is 1.67. The molecule has 21 heavy (non-hydrogen) atoms. The Bertz CT molecular complexity index is 637. The summed E-state index contributed by atoms with van der Waals surface area (Å²) < 4.78 is 1.61. The van der Waals surface area contributed by atoms with Crippen LogP contribution in [0.2, 0.25) is 0 Å². The van der Waals surface area contributed by atoms with Crippen LogP contribution in [0.4, 0.5) is 0 Å². The SMILES string of the molecule is CC(CN(C)C(=O)c1ccccc1-n1cccn1)C(=O)O. The molecule has 2 aromatic rings. The summed E-state index contributed by atoms with van der Waals surface area (Å²) in [5.41, 5.74) is 1.16. The standard InChI is InChI=1S/C15H17N3O3/c1-11(15(20)21)10-17(2)14(19)12-6-3-4-7-13(12)18-9-5-8-16-18/h3-9,11H,10H2,1-2H3,(H,20,21). The number of para-hydroxylation sites is 1. The van der Waals surface area contributed by atoms with Crippen molar-refractivity contribution in [2.45, 2.75) is 6.92 Å². The summed E-state index contributed by atoms with van der Waals surface area (Å²) in [7, 11) is 1.60. The van der Waals surface area contributed by atoms with Gasteiger partial charge in [-0.2, -0.15) is 5.10 Å².